The van der Waals surface area contributed by atoms with Gasteiger partial charge in [-0.25, -0.2) is 4.79 Å². The van der Waals surface area contributed by atoms with Crippen molar-refractivity contribution in [2.75, 3.05) is 56.9 Å². The third kappa shape index (κ3) is 12.7. The minimum Gasteiger partial charge on any atom is -0.382 e. The Morgan fingerprint density at radius 3 is 2.51 bits per heavy atom. The van der Waals surface area contributed by atoms with Crippen molar-refractivity contribution in [1.82, 2.24) is 41.0 Å². The molecule has 3 unspecified atom stereocenters. The van der Waals surface area contributed by atoms with Gasteiger partial charge < -0.3 is 47.1 Å². The van der Waals surface area contributed by atoms with Gasteiger partial charge in [-0.15, -0.1) is 0 Å². The maximum absolute atomic E-state index is 14.4. The van der Waals surface area contributed by atoms with Crippen molar-refractivity contribution >= 4 is 58.9 Å². The Kier molecular flexibility index (Phi) is 16.1. The van der Waals surface area contributed by atoms with Crippen LogP contribution >= 0.6 is 12.6 Å². The first kappa shape index (κ1) is 42.5. The monoisotopic (exact) mass is 798 g/mol. The molecule has 6 amide bonds. The lowest BCUT2D eigenvalue weighted by Gasteiger charge is -2.29. The van der Waals surface area contributed by atoms with E-state index in [1.54, 1.807) is 12.4 Å². The number of nitrogens with two attached hydrogens (primary N) is 1. The van der Waals surface area contributed by atoms with Crippen molar-refractivity contribution in [2.45, 2.75) is 57.2 Å². The van der Waals surface area contributed by atoms with E-state index in [4.69, 9.17) is 5.73 Å². The van der Waals surface area contributed by atoms with Crippen LogP contribution in [-0.4, -0.2) is 113 Å². The van der Waals surface area contributed by atoms with Gasteiger partial charge in [-0.3, -0.25) is 24.2 Å². The summed E-state index contributed by atoms with van der Waals surface area (Å²) in [5, 5.41) is 15.9. The maximum Gasteiger partial charge on any atom is 0.312 e. The molecule has 3 heterocycles. The van der Waals surface area contributed by atoms with Gasteiger partial charge in [-0.05, 0) is 67.5 Å². The highest BCUT2D eigenvalue weighted by molar-refractivity contribution is 7.80. The van der Waals surface area contributed by atoms with Gasteiger partial charge in [0.05, 0.1) is 19.6 Å². The van der Waals surface area contributed by atoms with Crippen LogP contribution in [0.5, 0.6) is 0 Å². The molecule has 57 heavy (non-hydrogen) atoms. The van der Waals surface area contributed by atoms with E-state index >= 15 is 0 Å². The molecular formula is C41H54N10O5S. The predicted octanol–water partition coefficient (Wildman–Crippen LogP) is 2.52. The molecular weight excluding hydrogens is 745 g/mol. The van der Waals surface area contributed by atoms with Crippen molar-refractivity contribution in [3.63, 3.8) is 0 Å². The number of primary amides is 1. The molecule has 0 spiro atoms. The average Bonchev–Trinajstić information content (AvgIpc) is 3.77. The molecule has 0 saturated carbocycles. The van der Waals surface area contributed by atoms with E-state index in [0.29, 0.717) is 44.6 Å². The highest BCUT2D eigenvalue weighted by atomic mass is 32.1. The first-order valence-electron chi connectivity index (χ1n) is 19.4. The number of rotatable bonds is 22. The quantitative estimate of drug-likeness (QED) is 0.0437. The van der Waals surface area contributed by atoms with Crippen LogP contribution in [0.15, 0.2) is 79.3 Å². The molecule has 8 N–H and O–H groups in total. The SMILES string of the molecule is CC1Nc2ccccc2C1CCN(CC(=O)NC(CCCNC(N)=O)C(=O)N(CCc1c[nH]c2ccccc12)CC(=O)NCCS)C(=O)CNCc1cccnc1. The van der Waals surface area contributed by atoms with Gasteiger partial charge in [0.1, 0.15) is 6.04 Å². The summed E-state index contributed by atoms with van der Waals surface area (Å²) in [4.78, 5) is 76.9. The smallest absolute Gasteiger partial charge is 0.312 e. The zero-order valence-electron chi connectivity index (χ0n) is 32.3. The highest BCUT2D eigenvalue weighted by Gasteiger charge is 2.31. The van der Waals surface area contributed by atoms with E-state index in [-0.39, 0.29) is 62.9 Å². The zero-order valence-corrected chi connectivity index (χ0v) is 33.2. The van der Waals surface area contributed by atoms with E-state index in [0.717, 1.165) is 33.3 Å². The Hall–Kier alpha value is -5.61. The second-order valence-corrected chi connectivity index (χ2v) is 14.6. The summed E-state index contributed by atoms with van der Waals surface area (Å²) < 4.78 is 0. The number of nitrogens with one attached hydrogen (secondary N) is 6. The molecule has 16 heteroatoms. The lowest BCUT2D eigenvalue weighted by atomic mass is 9.92. The minimum atomic E-state index is -1.06. The summed E-state index contributed by atoms with van der Waals surface area (Å²) in [5.41, 5.74) is 10.4. The van der Waals surface area contributed by atoms with E-state index in [9.17, 15) is 24.0 Å². The molecule has 0 radical (unpaired) electrons. The molecule has 2 aromatic carbocycles. The molecule has 1 aliphatic rings. The van der Waals surface area contributed by atoms with Crippen LogP contribution in [0.4, 0.5) is 10.5 Å². The van der Waals surface area contributed by atoms with Gasteiger partial charge in [0.15, 0.2) is 0 Å². The molecule has 0 aliphatic carbocycles. The lowest BCUT2D eigenvalue weighted by molar-refractivity contribution is -0.140. The van der Waals surface area contributed by atoms with Crippen molar-refractivity contribution in [3.8, 4) is 0 Å². The number of fused-ring (bicyclic) bond motifs is 2. The summed E-state index contributed by atoms with van der Waals surface area (Å²) in [6, 6.07) is 18.0. The third-order valence-electron chi connectivity index (χ3n) is 10.1. The summed E-state index contributed by atoms with van der Waals surface area (Å²) in [7, 11) is 0. The lowest BCUT2D eigenvalue weighted by Crippen LogP contribution is -2.54. The first-order valence-corrected chi connectivity index (χ1v) is 20.0. The normalized spacial score (nSPS) is 14.9. The molecule has 4 aromatic rings. The van der Waals surface area contributed by atoms with Crippen molar-refractivity contribution < 1.29 is 24.0 Å². The molecule has 15 nitrogen and oxygen atoms in total. The Balaban J connectivity index is 1.32. The van der Waals surface area contributed by atoms with Gasteiger partial charge >= 0.3 is 6.03 Å². The number of nitrogens with zero attached hydrogens (tertiary/aromatic N) is 3. The molecule has 2 aromatic heterocycles. The largest absolute Gasteiger partial charge is 0.382 e. The van der Waals surface area contributed by atoms with Gasteiger partial charge in [0, 0.05) is 85.6 Å². The second kappa shape index (κ2) is 21.6. The molecule has 1 aliphatic heterocycles. The van der Waals surface area contributed by atoms with Crippen molar-refractivity contribution in [3.05, 3.63) is 95.9 Å². The Bertz CT molecular complexity index is 1960. The second-order valence-electron chi connectivity index (χ2n) is 14.2. The number of hydrogen-bond donors (Lipinski definition) is 8. The van der Waals surface area contributed by atoms with Crippen molar-refractivity contribution in [2.24, 2.45) is 5.73 Å². The van der Waals surface area contributed by atoms with Gasteiger partial charge in [-0.1, -0.05) is 42.5 Å². The number of carbonyl (C=O) groups is 5. The Morgan fingerprint density at radius 1 is 0.930 bits per heavy atom. The Morgan fingerprint density at radius 2 is 1.72 bits per heavy atom. The number of urea groups is 1. The van der Waals surface area contributed by atoms with Crippen molar-refractivity contribution in [1.29, 1.82) is 0 Å². The highest BCUT2D eigenvalue weighted by Crippen LogP contribution is 2.37. The van der Waals surface area contributed by atoms with Crippen LogP contribution in [0.1, 0.15) is 48.8 Å². The molecule has 0 bridgehead atoms. The van der Waals surface area contributed by atoms with E-state index in [1.165, 1.54) is 9.80 Å². The molecule has 0 saturated heterocycles. The summed E-state index contributed by atoms with van der Waals surface area (Å²) in [6.45, 7) is 2.99. The molecule has 5 rings (SSSR count). The van der Waals surface area contributed by atoms with E-state index in [1.807, 2.05) is 60.8 Å². The number of anilines is 1. The van der Waals surface area contributed by atoms with Crippen LogP contribution in [0.3, 0.4) is 0 Å². The van der Waals surface area contributed by atoms with Crippen LogP contribution in [0.25, 0.3) is 10.9 Å². The number of thiol groups is 1. The van der Waals surface area contributed by atoms with E-state index < -0.39 is 23.9 Å². The third-order valence-corrected chi connectivity index (χ3v) is 10.3. The van der Waals surface area contributed by atoms with Gasteiger partial charge in [-0.2, -0.15) is 12.6 Å². The zero-order chi connectivity index (χ0) is 40.6. The van der Waals surface area contributed by atoms with Gasteiger partial charge in [0.2, 0.25) is 23.6 Å². The fourth-order valence-corrected chi connectivity index (χ4v) is 7.29. The Labute approximate surface area is 338 Å². The fraction of sp³-hybridized carbons (Fsp3) is 0.415. The number of para-hydroxylation sites is 2. The maximum atomic E-state index is 14.4. The van der Waals surface area contributed by atoms with Crippen LogP contribution in [-0.2, 0) is 32.1 Å². The van der Waals surface area contributed by atoms with E-state index in [2.05, 4.69) is 62.2 Å². The summed E-state index contributed by atoms with van der Waals surface area (Å²) in [5.74, 6) is -1.06. The molecule has 3 atom stereocenters. The fourth-order valence-electron chi connectivity index (χ4n) is 7.18. The standard InChI is InChI=1S/C41H54N10O5S/c1-28-31(33-10-3-5-12-35(33)48-28)15-20-50(39(54)25-44-23-29-8-6-16-43-22-29)27-38(53)49-36(13-7-17-46-41(42)56)40(55)51(26-37(52)45-18-21-57)19-14-30-24-47-34-11-4-2-9-32(30)34/h2-6,8-12,16,22,24,28,31,36,44,47-48,57H,7,13-15,17-21,23,25-27H2,1H3,(H,45,52)(H,49,53)(H3,42,46,56). The number of benzene rings is 2. The topological polar surface area (TPSA) is 207 Å². The van der Waals surface area contributed by atoms with Crippen LogP contribution in [0, 0.1) is 0 Å². The number of H-pyrrole nitrogens is 1. The van der Waals surface area contributed by atoms with Crippen LogP contribution < -0.4 is 32.3 Å². The number of amides is 6. The molecule has 304 valence electrons. The summed E-state index contributed by atoms with van der Waals surface area (Å²) in [6.07, 6.45) is 6.81. The van der Waals surface area contributed by atoms with Crippen LogP contribution in [0.2, 0.25) is 0 Å². The number of aromatic amines is 1. The number of aromatic nitrogens is 2. The summed E-state index contributed by atoms with van der Waals surface area (Å²) >= 11 is 4.19. The average molecular weight is 799 g/mol. The molecule has 0 fully saturated rings. The minimum absolute atomic E-state index is 0.0125. The predicted molar refractivity (Wildman–Crippen MR) is 224 cm³/mol. The number of hydrogen-bond acceptors (Lipinski definition) is 9. The number of pyridine rings is 1. The first-order chi connectivity index (χ1) is 27.6. The number of carbonyl (C=O) groups excluding carboxylic acids is 5. The van der Waals surface area contributed by atoms with Gasteiger partial charge in [0.25, 0.3) is 0 Å².